The molecular formula is C15H19Cl2N3O2S. The summed E-state index contributed by atoms with van der Waals surface area (Å²) in [7, 11) is 1.50. The minimum Gasteiger partial charge on any atom is -0.383 e. The summed E-state index contributed by atoms with van der Waals surface area (Å²) in [6, 6.07) is 5.11. The lowest BCUT2D eigenvalue weighted by molar-refractivity contribution is -0.118. The van der Waals surface area contributed by atoms with Gasteiger partial charge in [-0.1, -0.05) is 17.7 Å². The van der Waals surface area contributed by atoms with E-state index < -0.39 is 6.04 Å². The van der Waals surface area contributed by atoms with Crippen LogP contribution in [0.1, 0.15) is 16.0 Å². The number of rotatable bonds is 6. The molecular weight excluding hydrogens is 357 g/mol. The summed E-state index contributed by atoms with van der Waals surface area (Å²) in [5, 5.41) is 3.97. The number of hydrogen-bond donors (Lipinski definition) is 2. The molecule has 2 aromatic rings. The summed E-state index contributed by atoms with van der Waals surface area (Å²) < 4.78 is 4.86. The number of nitrogens with one attached hydrogen (secondary N) is 1. The average Bonchev–Trinajstić information content (AvgIpc) is 2.89. The molecule has 1 unspecified atom stereocenters. The van der Waals surface area contributed by atoms with Gasteiger partial charge >= 0.3 is 0 Å². The second-order valence-corrected chi connectivity index (χ2v) is 6.48. The van der Waals surface area contributed by atoms with E-state index in [4.69, 9.17) is 22.1 Å². The molecule has 0 radical (unpaired) electrons. The number of thiazole rings is 1. The summed E-state index contributed by atoms with van der Waals surface area (Å²) in [6.07, 6.45) is 2.51. The Morgan fingerprint density at radius 2 is 2.26 bits per heavy atom. The Bertz CT molecular complexity index is 664. The number of anilines is 1. The normalized spacial score (nSPS) is 11.7. The lowest BCUT2D eigenvalue weighted by Gasteiger charge is -2.08. The third-order valence-electron chi connectivity index (χ3n) is 3.14. The van der Waals surface area contributed by atoms with Gasteiger partial charge in [0.2, 0.25) is 5.91 Å². The van der Waals surface area contributed by atoms with Crippen molar-refractivity contribution < 1.29 is 9.53 Å². The van der Waals surface area contributed by atoms with E-state index in [1.165, 1.54) is 24.0 Å². The van der Waals surface area contributed by atoms with E-state index in [2.05, 4.69) is 10.3 Å². The number of aryl methyl sites for hydroxylation is 1. The summed E-state index contributed by atoms with van der Waals surface area (Å²) in [5.41, 5.74) is 7.98. The molecule has 0 spiro atoms. The van der Waals surface area contributed by atoms with E-state index in [1.54, 1.807) is 6.20 Å². The van der Waals surface area contributed by atoms with Gasteiger partial charge in [0, 0.05) is 29.6 Å². The second-order valence-electron chi connectivity index (χ2n) is 4.93. The maximum Gasteiger partial charge on any atom is 0.245 e. The van der Waals surface area contributed by atoms with Crippen molar-refractivity contribution in [2.75, 3.05) is 19.0 Å². The van der Waals surface area contributed by atoms with Crippen molar-refractivity contribution >= 4 is 46.4 Å². The monoisotopic (exact) mass is 375 g/mol. The zero-order valence-electron chi connectivity index (χ0n) is 12.8. The number of hydrogen-bond acceptors (Lipinski definition) is 5. The highest BCUT2D eigenvalue weighted by atomic mass is 35.5. The predicted octanol–water partition coefficient (Wildman–Crippen LogP) is 3.03. The fourth-order valence-corrected chi connectivity index (χ4v) is 3.01. The predicted molar refractivity (Wildman–Crippen MR) is 96.8 cm³/mol. The lowest BCUT2D eigenvalue weighted by Crippen LogP contribution is -2.39. The van der Waals surface area contributed by atoms with Gasteiger partial charge in [0.15, 0.2) is 5.13 Å². The van der Waals surface area contributed by atoms with Crippen molar-refractivity contribution in [2.45, 2.75) is 19.4 Å². The number of amides is 1. The minimum absolute atomic E-state index is 0. The maximum absolute atomic E-state index is 11.8. The Morgan fingerprint density at radius 1 is 1.52 bits per heavy atom. The highest BCUT2D eigenvalue weighted by Gasteiger charge is 2.15. The Kier molecular flexibility index (Phi) is 7.94. The van der Waals surface area contributed by atoms with Gasteiger partial charge in [-0.25, -0.2) is 4.98 Å². The summed E-state index contributed by atoms with van der Waals surface area (Å²) in [5.74, 6) is -0.301. The molecule has 0 saturated heterocycles. The van der Waals surface area contributed by atoms with Gasteiger partial charge in [-0.15, -0.1) is 23.7 Å². The Hall–Kier alpha value is -1.18. The van der Waals surface area contributed by atoms with Gasteiger partial charge in [-0.2, -0.15) is 0 Å². The molecule has 0 fully saturated rings. The maximum atomic E-state index is 11.8. The third kappa shape index (κ3) is 5.75. The molecule has 1 aromatic carbocycles. The average molecular weight is 376 g/mol. The first-order valence-electron chi connectivity index (χ1n) is 6.74. The third-order valence-corrected chi connectivity index (χ3v) is 4.28. The van der Waals surface area contributed by atoms with Crippen LogP contribution in [0.25, 0.3) is 0 Å². The van der Waals surface area contributed by atoms with Crippen molar-refractivity contribution in [3.8, 4) is 0 Å². The van der Waals surface area contributed by atoms with Crippen LogP contribution in [0, 0.1) is 6.92 Å². The molecule has 2 rings (SSSR count). The van der Waals surface area contributed by atoms with E-state index in [-0.39, 0.29) is 24.9 Å². The van der Waals surface area contributed by atoms with Gasteiger partial charge in [0.25, 0.3) is 0 Å². The second kappa shape index (κ2) is 9.20. The van der Waals surface area contributed by atoms with Gasteiger partial charge < -0.3 is 15.8 Å². The molecule has 1 atom stereocenters. The van der Waals surface area contributed by atoms with Crippen molar-refractivity contribution in [2.24, 2.45) is 5.73 Å². The van der Waals surface area contributed by atoms with Crippen LogP contribution in [0.4, 0.5) is 5.13 Å². The molecule has 126 valence electrons. The number of nitrogens with zero attached hydrogens (tertiary/aromatic N) is 1. The molecule has 1 heterocycles. The number of carbonyl (C=O) groups excluding carboxylic acids is 1. The van der Waals surface area contributed by atoms with Crippen molar-refractivity contribution in [3.63, 3.8) is 0 Å². The van der Waals surface area contributed by atoms with Crippen LogP contribution in [-0.4, -0.2) is 30.6 Å². The number of methoxy groups -OCH3 is 1. The Labute approximate surface area is 150 Å². The van der Waals surface area contributed by atoms with Crippen LogP contribution >= 0.6 is 35.3 Å². The molecule has 23 heavy (non-hydrogen) atoms. The van der Waals surface area contributed by atoms with Gasteiger partial charge in [-0.3, -0.25) is 4.79 Å². The lowest BCUT2D eigenvalue weighted by atomic mass is 10.1. The van der Waals surface area contributed by atoms with Crippen molar-refractivity contribution in [1.29, 1.82) is 0 Å². The van der Waals surface area contributed by atoms with Crippen LogP contribution in [0.2, 0.25) is 5.02 Å². The van der Waals surface area contributed by atoms with Gasteiger partial charge in [0.1, 0.15) is 6.04 Å². The highest BCUT2D eigenvalue weighted by molar-refractivity contribution is 7.15. The zero-order chi connectivity index (χ0) is 16.1. The summed E-state index contributed by atoms with van der Waals surface area (Å²) in [4.78, 5) is 17.1. The molecule has 5 nitrogen and oxygen atoms in total. The van der Waals surface area contributed by atoms with E-state index in [0.717, 1.165) is 21.9 Å². The molecule has 0 saturated carbocycles. The van der Waals surface area contributed by atoms with E-state index in [1.807, 2.05) is 25.1 Å². The standard InChI is InChI=1S/C15H18ClN3O2S.ClH/c1-9-5-11(16)4-3-10(9)6-12-7-18-15(22-12)19-14(20)13(17)8-21-2;/h3-5,7,13H,6,8,17H2,1-2H3,(H,18,19,20);1H. The first-order valence-corrected chi connectivity index (χ1v) is 7.94. The zero-order valence-corrected chi connectivity index (χ0v) is 15.2. The first-order chi connectivity index (χ1) is 10.5. The molecule has 0 bridgehead atoms. The first kappa shape index (κ1) is 19.9. The minimum atomic E-state index is -0.698. The number of halogens is 2. The van der Waals surface area contributed by atoms with Gasteiger partial charge in [-0.05, 0) is 30.2 Å². The molecule has 0 aliphatic carbocycles. The van der Waals surface area contributed by atoms with E-state index in [0.29, 0.717) is 5.13 Å². The molecule has 8 heteroatoms. The molecule has 0 aliphatic rings. The fourth-order valence-electron chi connectivity index (χ4n) is 1.95. The SMILES string of the molecule is COCC(N)C(=O)Nc1ncc(Cc2ccc(Cl)cc2C)s1.Cl. The van der Waals surface area contributed by atoms with E-state index >= 15 is 0 Å². The number of ether oxygens (including phenoxy) is 1. The largest absolute Gasteiger partial charge is 0.383 e. The van der Waals surface area contributed by atoms with Crippen LogP contribution in [-0.2, 0) is 16.0 Å². The Balaban J connectivity index is 0.00000264. The number of benzene rings is 1. The quantitative estimate of drug-likeness (QED) is 0.813. The molecule has 3 N–H and O–H groups in total. The fraction of sp³-hybridized carbons (Fsp3) is 0.333. The van der Waals surface area contributed by atoms with Crippen molar-refractivity contribution in [3.05, 3.63) is 45.4 Å². The van der Waals surface area contributed by atoms with Crippen molar-refractivity contribution in [1.82, 2.24) is 4.98 Å². The van der Waals surface area contributed by atoms with E-state index in [9.17, 15) is 4.79 Å². The topological polar surface area (TPSA) is 77.2 Å². The highest BCUT2D eigenvalue weighted by Crippen LogP contribution is 2.24. The van der Waals surface area contributed by atoms with Crippen LogP contribution in [0.15, 0.2) is 24.4 Å². The van der Waals surface area contributed by atoms with Crippen LogP contribution < -0.4 is 11.1 Å². The van der Waals surface area contributed by atoms with Crippen LogP contribution in [0.3, 0.4) is 0 Å². The molecule has 1 aromatic heterocycles. The smallest absolute Gasteiger partial charge is 0.245 e. The molecule has 0 aliphatic heterocycles. The Morgan fingerprint density at radius 3 is 2.91 bits per heavy atom. The van der Waals surface area contributed by atoms with Gasteiger partial charge in [0.05, 0.1) is 6.61 Å². The number of aromatic nitrogens is 1. The number of carbonyl (C=O) groups is 1. The summed E-state index contributed by atoms with van der Waals surface area (Å²) >= 11 is 7.39. The number of nitrogens with two attached hydrogens (primary N) is 1. The van der Waals surface area contributed by atoms with Crippen LogP contribution in [0.5, 0.6) is 0 Å². The molecule has 1 amide bonds. The summed E-state index contributed by atoms with van der Waals surface area (Å²) in [6.45, 7) is 2.20.